The SMILES string of the molecule is CN(CCc1nccs1)Cc1cnc(N)s1. The van der Waals surface area contributed by atoms with E-state index in [2.05, 4.69) is 21.9 Å². The summed E-state index contributed by atoms with van der Waals surface area (Å²) in [5.41, 5.74) is 5.59. The second-order valence-corrected chi connectivity index (χ2v) is 5.70. The van der Waals surface area contributed by atoms with Gasteiger partial charge in [-0.25, -0.2) is 9.97 Å². The van der Waals surface area contributed by atoms with Gasteiger partial charge in [0.25, 0.3) is 0 Å². The first kappa shape index (κ1) is 11.5. The average Bonchev–Trinajstić information content (AvgIpc) is 2.87. The monoisotopic (exact) mass is 254 g/mol. The minimum Gasteiger partial charge on any atom is -0.375 e. The van der Waals surface area contributed by atoms with Crippen LogP contribution in [-0.4, -0.2) is 28.5 Å². The van der Waals surface area contributed by atoms with Gasteiger partial charge in [-0.3, -0.25) is 0 Å². The van der Waals surface area contributed by atoms with Gasteiger partial charge in [-0.2, -0.15) is 0 Å². The molecule has 0 fully saturated rings. The summed E-state index contributed by atoms with van der Waals surface area (Å²) in [4.78, 5) is 11.8. The molecule has 2 rings (SSSR count). The maximum absolute atomic E-state index is 5.59. The van der Waals surface area contributed by atoms with E-state index in [0.29, 0.717) is 5.13 Å². The summed E-state index contributed by atoms with van der Waals surface area (Å²) in [6, 6.07) is 0. The number of anilines is 1. The maximum atomic E-state index is 5.59. The van der Waals surface area contributed by atoms with E-state index in [1.165, 1.54) is 9.88 Å². The van der Waals surface area contributed by atoms with Gasteiger partial charge in [0.2, 0.25) is 0 Å². The molecule has 4 nitrogen and oxygen atoms in total. The Bertz CT molecular complexity index is 424. The Labute approximate surface area is 103 Å². The second kappa shape index (κ2) is 5.38. The van der Waals surface area contributed by atoms with Gasteiger partial charge in [-0.05, 0) is 7.05 Å². The Kier molecular flexibility index (Phi) is 3.87. The zero-order valence-electron chi connectivity index (χ0n) is 9.09. The molecule has 16 heavy (non-hydrogen) atoms. The lowest BCUT2D eigenvalue weighted by molar-refractivity contribution is 0.334. The van der Waals surface area contributed by atoms with Gasteiger partial charge in [-0.15, -0.1) is 22.7 Å². The van der Waals surface area contributed by atoms with Crippen molar-refractivity contribution in [3.63, 3.8) is 0 Å². The first-order valence-electron chi connectivity index (χ1n) is 5.01. The van der Waals surface area contributed by atoms with Crippen LogP contribution in [0.5, 0.6) is 0 Å². The summed E-state index contributed by atoms with van der Waals surface area (Å²) in [6.45, 7) is 1.91. The molecule has 0 saturated heterocycles. The number of thiazole rings is 2. The van der Waals surface area contributed by atoms with Crippen LogP contribution in [0.2, 0.25) is 0 Å². The molecule has 0 radical (unpaired) electrons. The van der Waals surface area contributed by atoms with E-state index in [-0.39, 0.29) is 0 Å². The van der Waals surface area contributed by atoms with E-state index >= 15 is 0 Å². The van der Waals surface area contributed by atoms with Gasteiger partial charge in [0.05, 0.1) is 5.01 Å². The number of nitrogens with zero attached hydrogens (tertiary/aromatic N) is 3. The van der Waals surface area contributed by atoms with Gasteiger partial charge >= 0.3 is 0 Å². The zero-order chi connectivity index (χ0) is 11.4. The Morgan fingerprint density at radius 1 is 1.44 bits per heavy atom. The topological polar surface area (TPSA) is 55.0 Å². The molecular weight excluding hydrogens is 240 g/mol. The van der Waals surface area contributed by atoms with Crippen LogP contribution in [-0.2, 0) is 13.0 Å². The third kappa shape index (κ3) is 3.26. The minimum absolute atomic E-state index is 0.642. The van der Waals surface area contributed by atoms with Crippen molar-refractivity contribution in [3.05, 3.63) is 27.7 Å². The first-order valence-corrected chi connectivity index (χ1v) is 6.71. The van der Waals surface area contributed by atoms with Crippen LogP contribution in [0.1, 0.15) is 9.88 Å². The molecule has 2 heterocycles. The van der Waals surface area contributed by atoms with Crippen molar-refractivity contribution >= 4 is 27.8 Å². The minimum atomic E-state index is 0.642. The molecule has 0 spiro atoms. The second-order valence-electron chi connectivity index (χ2n) is 3.58. The quantitative estimate of drug-likeness (QED) is 0.885. The molecule has 0 aliphatic rings. The zero-order valence-corrected chi connectivity index (χ0v) is 10.7. The number of aromatic nitrogens is 2. The predicted molar refractivity (Wildman–Crippen MR) is 68.7 cm³/mol. The van der Waals surface area contributed by atoms with E-state index in [0.717, 1.165) is 19.5 Å². The Balaban J connectivity index is 1.78. The summed E-state index contributed by atoms with van der Waals surface area (Å²) in [5.74, 6) is 0. The molecule has 2 aromatic rings. The lowest BCUT2D eigenvalue weighted by Gasteiger charge is -2.13. The Hall–Kier alpha value is -0.980. The highest BCUT2D eigenvalue weighted by Crippen LogP contribution is 2.16. The van der Waals surface area contributed by atoms with Crippen LogP contribution >= 0.6 is 22.7 Å². The molecule has 0 aromatic carbocycles. The summed E-state index contributed by atoms with van der Waals surface area (Å²) >= 11 is 3.26. The fourth-order valence-corrected chi connectivity index (χ4v) is 2.78. The van der Waals surface area contributed by atoms with Crippen LogP contribution in [0.4, 0.5) is 5.13 Å². The van der Waals surface area contributed by atoms with Crippen LogP contribution in [0.3, 0.4) is 0 Å². The molecule has 0 saturated carbocycles. The van der Waals surface area contributed by atoms with Gasteiger partial charge in [0, 0.05) is 42.2 Å². The summed E-state index contributed by atoms with van der Waals surface area (Å²) in [5, 5.41) is 3.85. The van der Waals surface area contributed by atoms with E-state index < -0.39 is 0 Å². The van der Waals surface area contributed by atoms with Crippen molar-refractivity contribution in [2.24, 2.45) is 0 Å². The average molecular weight is 254 g/mol. The largest absolute Gasteiger partial charge is 0.375 e. The van der Waals surface area contributed by atoms with Gasteiger partial charge in [-0.1, -0.05) is 0 Å². The van der Waals surface area contributed by atoms with Gasteiger partial charge in [0.1, 0.15) is 0 Å². The normalized spacial score (nSPS) is 11.1. The van der Waals surface area contributed by atoms with Crippen LogP contribution in [0.15, 0.2) is 17.8 Å². The summed E-state index contributed by atoms with van der Waals surface area (Å²) < 4.78 is 0. The summed E-state index contributed by atoms with van der Waals surface area (Å²) in [6.07, 6.45) is 4.70. The van der Waals surface area contributed by atoms with Crippen LogP contribution < -0.4 is 5.73 Å². The molecule has 0 aliphatic heterocycles. The highest BCUT2D eigenvalue weighted by atomic mass is 32.1. The highest BCUT2D eigenvalue weighted by molar-refractivity contribution is 7.15. The molecule has 0 bridgehead atoms. The molecule has 86 valence electrons. The summed E-state index contributed by atoms with van der Waals surface area (Å²) in [7, 11) is 2.10. The molecule has 2 N–H and O–H groups in total. The molecule has 6 heteroatoms. The molecule has 0 aliphatic carbocycles. The Morgan fingerprint density at radius 2 is 2.31 bits per heavy atom. The maximum Gasteiger partial charge on any atom is 0.180 e. The number of rotatable bonds is 5. The lowest BCUT2D eigenvalue weighted by atomic mass is 10.4. The molecule has 0 atom stereocenters. The third-order valence-corrected chi connectivity index (χ3v) is 3.84. The van der Waals surface area contributed by atoms with Crippen molar-refractivity contribution in [3.8, 4) is 0 Å². The predicted octanol–water partition coefficient (Wildman–Crippen LogP) is 1.86. The van der Waals surface area contributed by atoms with Crippen molar-refractivity contribution < 1.29 is 0 Å². The van der Waals surface area contributed by atoms with E-state index in [1.54, 1.807) is 22.7 Å². The fraction of sp³-hybridized carbons (Fsp3) is 0.400. The number of hydrogen-bond acceptors (Lipinski definition) is 6. The van der Waals surface area contributed by atoms with Gasteiger partial charge < -0.3 is 10.6 Å². The van der Waals surface area contributed by atoms with E-state index in [4.69, 9.17) is 5.73 Å². The van der Waals surface area contributed by atoms with Crippen molar-refractivity contribution in [1.82, 2.24) is 14.9 Å². The molecule has 0 unspecified atom stereocenters. The molecular formula is C10H14N4S2. The number of likely N-dealkylation sites (N-methyl/N-ethyl adjacent to an activating group) is 1. The number of hydrogen-bond donors (Lipinski definition) is 1. The molecule has 2 aromatic heterocycles. The first-order chi connectivity index (χ1) is 7.74. The van der Waals surface area contributed by atoms with E-state index in [9.17, 15) is 0 Å². The van der Waals surface area contributed by atoms with Crippen LogP contribution in [0.25, 0.3) is 0 Å². The smallest absolute Gasteiger partial charge is 0.180 e. The van der Waals surface area contributed by atoms with Crippen molar-refractivity contribution in [2.45, 2.75) is 13.0 Å². The standard InChI is InChI=1S/C10H14N4S2/c1-14(4-2-9-12-3-5-15-9)7-8-6-13-10(11)16-8/h3,5-6H,2,4,7H2,1H3,(H2,11,13). The van der Waals surface area contributed by atoms with Gasteiger partial charge in [0.15, 0.2) is 5.13 Å². The lowest BCUT2D eigenvalue weighted by Crippen LogP contribution is -2.20. The number of nitrogen functional groups attached to an aromatic ring is 1. The molecule has 0 amide bonds. The third-order valence-electron chi connectivity index (χ3n) is 2.19. The Morgan fingerprint density at radius 3 is 2.94 bits per heavy atom. The van der Waals surface area contributed by atoms with Crippen LogP contribution in [0, 0.1) is 0 Å². The highest BCUT2D eigenvalue weighted by Gasteiger charge is 2.04. The fourth-order valence-electron chi connectivity index (χ4n) is 1.40. The van der Waals surface area contributed by atoms with E-state index in [1.807, 2.05) is 17.8 Å². The van der Waals surface area contributed by atoms with Crippen molar-refractivity contribution in [2.75, 3.05) is 19.3 Å². The number of nitrogens with two attached hydrogens (primary N) is 1. The van der Waals surface area contributed by atoms with Crippen molar-refractivity contribution in [1.29, 1.82) is 0 Å².